The zero-order chi connectivity index (χ0) is 10.0. The van der Waals surface area contributed by atoms with Crippen LogP contribution in [0.4, 0.5) is 0 Å². The van der Waals surface area contributed by atoms with Gasteiger partial charge in [0.1, 0.15) is 0 Å². The second kappa shape index (κ2) is 4.25. The maximum absolute atomic E-state index is 6.05. The SMILES string of the molecule is Cc1cc(Br)cc(C(N)C(C)C)c1. The Morgan fingerprint density at radius 3 is 2.31 bits per heavy atom. The highest BCUT2D eigenvalue weighted by molar-refractivity contribution is 9.10. The molecule has 0 aliphatic carbocycles. The van der Waals surface area contributed by atoms with Gasteiger partial charge in [-0.05, 0) is 36.1 Å². The van der Waals surface area contributed by atoms with Gasteiger partial charge in [-0.15, -0.1) is 0 Å². The fourth-order valence-corrected chi connectivity index (χ4v) is 1.97. The Balaban J connectivity index is 3.01. The zero-order valence-electron chi connectivity index (χ0n) is 8.34. The van der Waals surface area contributed by atoms with Crippen LogP contribution in [-0.2, 0) is 0 Å². The number of benzene rings is 1. The summed E-state index contributed by atoms with van der Waals surface area (Å²) in [4.78, 5) is 0. The minimum absolute atomic E-state index is 0.135. The molecule has 1 aromatic rings. The first-order valence-electron chi connectivity index (χ1n) is 4.53. The molecule has 0 fully saturated rings. The summed E-state index contributed by atoms with van der Waals surface area (Å²) in [5, 5.41) is 0. The van der Waals surface area contributed by atoms with Crippen LogP contribution in [0.1, 0.15) is 31.0 Å². The van der Waals surface area contributed by atoms with Gasteiger partial charge in [-0.2, -0.15) is 0 Å². The normalized spacial score (nSPS) is 13.4. The van der Waals surface area contributed by atoms with E-state index >= 15 is 0 Å². The molecule has 0 aliphatic heterocycles. The van der Waals surface area contributed by atoms with E-state index in [1.165, 1.54) is 11.1 Å². The van der Waals surface area contributed by atoms with Gasteiger partial charge in [-0.25, -0.2) is 0 Å². The van der Waals surface area contributed by atoms with Crippen LogP contribution < -0.4 is 5.73 Å². The van der Waals surface area contributed by atoms with Crippen molar-refractivity contribution in [3.63, 3.8) is 0 Å². The number of halogens is 1. The van der Waals surface area contributed by atoms with Gasteiger partial charge in [-0.3, -0.25) is 0 Å². The van der Waals surface area contributed by atoms with E-state index in [-0.39, 0.29) is 6.04 Å². The minimum Gasteiger partial charge on any atom is -0.324 e. The third-order valence-corrected chi connectivity index (χ3v) is 2.63. The lowest BCUT2D eigenvalue weighted by molar-refractivity contribution is 0.514. The summed E-state index contributed by atoms with van der Waals surface area (Å²) in [6.07, 6.45) is 0. The molecule has 1 aromatic carbocycles. The smallest absolute Gasteiger partial charge is 0.0318 e. The second-order valence-electron chi connectivity index (χ2n) is 3.83. The van der Waals surface area contributed by atoms with E-state index in [1.54, 1.807) is 0 Å². The van der Waals surface area contributed by atoms with E-state index in [1.807, 2.05) is 0 Å². The lowest BCUT2D eigenvalue weighted by Gasteiger charge is -2.16. The summed E-state index contributed by atoms with van der Waals surface area (Å²) in [7, 11) is 0. The van der Waals surface area contributed by atoms with Crippen LogP contribution in [0.5, 0.6) is 0 Å². The van der Waals surface area contributed by atoms with Crippen LogP contribution in [0.3, 0.4) is 0 Å². The molecule has 1 unspecified atom stereocenters. The summed E-state index contributed by atoms with van der Waals surface area (Å²) in [6, 6.07) is 6.47. The van der Waals surface area contributed by atoms with Crippen molar-refractivity contribution in [2.24, 2.45) is 11.7 Å². The molecule has 0 aromatic heterocycles. The van der Waals surface area contributed by atoms with Crippen molar-refractivity contribution in [3.05, 3.63) is 33.8 Å². The third-order valence-electron chi connectivity index (χ3n) is 2.17. The van der Waals surface area contributed by atoms with Gasteiger partial charge >= 0.3 is 0 Å². The van der Waals surface area contributed by atoms with E-state index in [9.17, 15) is 0 Å². The van der Waals surface area contributed by atoms with Gasteiger partial charge in [0.05, 0.1) is 0 Å². The van der Waals surface area contributed by atoms with E-state index in [4.69, 9.17) is 5.73 Å². The van der Waals surface area contributed by atoms with Crippen molar-refractivity contribution in [2.45, 2.75) is 26.8 Å². The summed E-state index contributed by atoms with van der Waals surface area (Å²) >= 11 is 3.47. The highest BCUT2D eigenvalue weighted by Crippen LogP contribution is 2.23. The van der Waals surface area contributed by atoms with Crippen molar-refractivity contribution in [3.8, 4) is 0 Å². The molecule has 1 nitrogen and oxygen atoms in total. The molecule has 2 N–H and O–H groups in total. The molecule has 13 heavy (non-hydrogen) atoms. The van der Waals surface area contributed by atoms with Gasteiger partial charge in [0, 0.05) is 10.5 Å². The predicted octanol–water partition coefficient (Wildman–Crippen LogP) is 3.41. The Labute approximate surface area is 88.5 Å². The van der Waals surface area contributed by atoms with Crippen LogP contribution in [0.25, 0.3) is 0 Å². The number of nitrogens with two attached hydrogens (primary N) is 1. The molecule has 0 heterocycles. The van der Waals surface area contributed by atoms with E-state index in [0.717, 1.165) is 4.47 Å². The Morgan fingerprint density at radius 2 is 1.85 bits per heavy atom. The summed E-state index contributed by atoms with van der Waals surface area (Å²) < 4.78 is 1.11. The molecule has 0 amide bonds. The highest BCUT2D eigenvalue weighted by Gasteiger charge is 2.10. The molecule has 1 atom stereocenters. The van der Waals surface area contributed by atoms with Crippen LogP contribution in [0.2, 0.25) is 0 Å². The molecular formula is C11H16BrN. The number of aryl methyl sites for hydroxylation is 1. The molecule has 0 saturated heterocycles. The van der Waals surface area contributed by atoms with Gasteiger partial charge < -0.3 is 5.73 Å². The monoisotopic (exact) mass is 241 g/mol. The molecule has 1 rings (SSSR count). The molecule has 2 heteroatoms. The van der Waals surface area contributed by atoms with Crippen LogP contribution in [0, 0.1) is 12.8 Å². The zero-order valence-corrected chi connectivity index (χ0v) is 9.93. The summed E-state index contributed by atoms with van der Waals surface area (Å²) in [5.74, 6) is 0.480. The van der Waals surface area contributed by atoms with Crippen molar-refractivity contribution in [2.75, 3.05) is 0 Å². The van der Waals surface area contributed by atoms with Crippen molar-refractivity contribution < 1.29 is 0 Å². The topological polar surface area (TPSA) is 26.0 Å². The van der Waals surface area contributed by atoms with Crippen LogP contribution >= 0.6 is 15.9 Å². The first kappa shape index (κ1) is 10.7. The quantitative estimate of drug-likeness (QED) is 0.844. The molecule has 0 radical (unpaired) electrons. The second-order valence-corrected chi connectivity index (χ2v) is 4.75. The standard InChI is InChI=1S/C11H16BrN/c1-7(2)11(13)9-4-8(3)5-10(12)6-9/h4-7,11H,13H2,1-3H3. The number of hydrogen-bond donors (Lipinski definition) is 1. The molecule has 0 saturated carbocycles. The first-order valence-corrected chi connectivity index (χ1v) is 5.32. The Morgan fingerprint density at radius 1 is 1.23 bits per heavy atom. The fraction of sp³-hybridized carbons (Fsp3) is 0.455. The largest absolute Gasteiger partial charge is 0.324 e. The molecule has 0 aliphatic rings. The third kappa shape index (κ3) is 2.82. The van der Waals surface area contributed by atoms with E-state index < -0.39 is 0 Å². The average Bonchev–Trinajstić information content (AvgIpc) is 2.01. The first-order chi connectivity index (χ1) is 6.00. The summed E-state index contributed by atoms with van der Waals surface area (Å²) in [5.41, 5.74) is 8.52. The summed E-state index contributed by atoms with van der Waals surface area (Å²) in [6.45, 7) is 6.36. The fourth-order valence-electron chi connectivity index (χ4n) is 1.34. The maximum atomic E-state index is 6.05. The Bertz CT molecular complexity index is 274. The number of hydrogen-bond acceptors (Lipinski definition) is 1. The van der Waals surface area contributed by atoms with Gasteiger partial charge in [-0.1, -0.05) is 35.8 Å². The predicted molar refractivity (Wildman–Crippen MR) is 60.6 cm³/mol. The lowest BCUT2D eigenvalue weighted by Crippen LogP contribution is -2.16. The van der Waals surface area contributed by atoms with Crippen LogP contribution in [-0.4, -0.2) is 0 Å². The van der Waals surface area contributed by atoms with Gasteiger partial charge in [0.25, 0.3) is 0 Å². The molecule has 0 spiro atoms. The van der Waals surface area contributed by atoms with Crippen molar-refractivity contribution in [1.82, 2.24) is 0 Å². The van der Waals surface area contributed by atoms with E-state index in [2.05, 4.69) is 54.9 Å². The maximum Gasteiger partial charge on any atom is 0.0318 e. The highest BCUT2D eigenvalue weighted by atomic mass is 79.9. The van der Waals surface area contributed by atoms with Gasteiger partial charge in [0.15, 0.2) is 0 Å². The lowest BCUT2D eigenvalue weighted by atomic mass is 9.96. The Kier molecular flexibility index (Phi) is 3.51. The van der Waals surface area contributed by atoms with Gasteiger partial charge in [0.2, 0.25) is 0 Å². The van der Waals surface area contributed by atoms with E-state index in [0.29, 0.717) is 5.92 Å². The Hall–Kier alpha value is -0.340. The van der Waals surface area contributed by atoms with Crippen molar-refractivity contribution in [1.29, 1.82) is 0 Å². The average molecular weight is 242 g/mol. The minimum atomic E-state index is 0.135. The van der Waals surface area contributed by atoms with Crippen molar-refractivity contribution >= 4 is 15.9 Å². The van der Waals surface area contributed by atoms with Crippen LogP contribution in [0.15, 0.2) is 22.7 Å². The molecular weight excluding hydrogens is 226 g/mol. The number of rotatable bonds is 2. The molecule has 72 valence electrons. The molecule has 0 bridgehead atoms.